The lowest BCUT2D eigenvalue weighted by atomic mass is 10.2. The fourth-order valence-electron chi connectivity index (χ4n) is 2.55. The zero-order valence-corrected chi connectivity index (χ0v) is 16.1. The number of carbonyl (C=O) groups is 2. The Kier molecular flexibility index (Phi) is 6.39. The summed E-state index contributed by atoms with van der Waals surface area (Å²) in [6, 6.07) is 11.7. The van der Waals surface area contributed by atoms with E-state index in [1.807, 2.05) is 6.07 Å². The first-order chi connectivity index (χ1) is 13.5. The SMILES string of the molecule is N#Cc1ccc(NC(=O)C2CSCN2C(=O)COc2ccc(F)c(Cl)c2)cc1. The van der Waals surface area contributed by atoms with Crippen LogP contribution in [-0.2, 0) is 9.59 Å². The van der Waals surface area contributed by atoms with E-state index in [-0.39, 0.29) is 29.2 Å². The molecule has 2 aromatic rings. The quantitative estimate of drug-likeness (QED) is 0.804. The summed E-state index contributed by atoms with van der Waals surface area (Å²) in [6.45, 7) is -0.289. The zero-order chi connectivity index (χ0) is 20.1. The molecule has 1 saturated heterocycles. The van der Waals surface area contributed by atoms with Gasteiger partial charge in [0.05, 0.1) is 22.5 Å². The zero-order valence-electron chi connectivity index (χ0n) is 14.5. The molecular weight excluding hydrogens is 405 g/mol. The van der Waals surface area contributed by atoms with Crippen LogP contribution < -0.4 is 10.1 Å². The van der Waals surface area contributed by atoms with Crippen molar-refractivity contribution in [3.63, 3.8) is 0 Å². The van der Waals surface area contributed by atoms with Crippen molar-refractivity contribution in [2.24, 2.45) is 0 Å². The van der Waals surface area contributed by atoms with Gasteiger partial charge in [0.1, 0.15) is 17.6 Å². The van der Waals surface area contributed by atoms with Crippen molar-refractivity contribution in [2.75, 3.05) is 23.6 Å². The first-order valence-electron chi connectivity index (χ1n) is 8.24. The lowest BCUT2D eigenvalue weighted by Crippen LogP contribution is -2.46. The van der Waals surface area contributed by atoms with E-state index in [0.717, 1.165) is 6.07 Å². The van der Waals surface area contributed by atoms with Gasteiger partial charge in [-0.25, -0.2) is 4.39 Å². The van der Waals surface area contributed by atoms with Gasteiger partial charge >= 0.3 is 0 Å². The van der Waals surface area contributed by atoms with Crippen molar-refractivity contribution in [1.29, 1.82) is 5.26 Å². The standard InChI is InChI=1S/C19H15ClFN3O3S/c20-15-7-14(5-6-16(15)21)27-9-18(25)24-11-28-10-17(24)19(26)23-13-3-1-12(8-22)2-4-13/h1-7,17H,9-11H2,(H,23,26). The van der Waals surface area contributed by atoms with Gasteiger partial charge in [-0.05, 0) is 36.4 Å². The number of rotatable bonds is 5. The van der Waals surface area contributed by atoms with Crippen LogP contribution >= 0.6 is 23.4 Å². The Hall–Kier alpha value is -2.76. The lowest BCUT2D eigenvalue weighted by molar-refractivity contribution is -0.137. The van der Waals surface area contributed by atoms with Crippen molar-refractivity contribution in [1.82, 2.24) is 4.90 Å². The number of amides is 2. The highest BCUT2D eigenvalue weighted by atomic mass is 35.5. The number of carbonyl (C=O) groups excluding carboxylic acids is 2. The molecule has 1 N–H and O–H groups in total. The number of nitriles is 1. The minimum absolute atomic E-state index is 0.0960. The predicted octanol–water partition coefficient (Wildman–Crippen LogP) is 3.27. The maximum Gasteiger partial charge on any atom is 0.261 e. The van der Waals surface area contributed by atoms with Gasteiger partial charge in [-0.1, -0.05) is 11.6 Å². The molecule has 1 atom stereocenters. The van der Waals surface area contributed by atoms with Crippen molar-refractivity contribution in [2.45, 2.75) is 6.04 Å². The molecule has 0 radical (unpaired) electrons. The summed E-state index contributed by atoms with van der Waals surface area (Å²) in [5, 5.41) is 11.5. The van der Waals surface area contributed by atoms with E-state index in [4.69, 9.17) is 21.6 Å². The average Bonchev–Trinajstić information content (AvgIpc) is 3.19. The molecule has 144 valence electrons. The summed E-state index contributed by atoms with van der Waals surface area (Å²) in [7, 11) is 0. The number of benzene rings is 2. The molecule has 0 aromatic heterocycles. The Bertz CT molecular complexity index is 933. The molecule has 2 aromatic carbocycles. The fraction of sp³-hybridized carbons (Fsp3) is 0.211. The van der Waals surface area contributed by atoms with Gasteiger partial charge in [-0.2, -0.15) is 5.26 Å². The minimum atomic E-state index is -0.631. The molecular formula is C19H15ClFN3O3S. The number of anilines is 1. The fourth-order valence-corrected chi connectivity index (χ4v) is 3.91. The van der Waals surface area contributed by atoms with Gasteiger partial charge in [0, 0.05) is 17.5 Å². The van der Waals surface area contributed by atoms with Crippen LogP contribution in [0.2, 0.25) is 5.02 Å². The highest BCUT2D eigenvalue weighted by Gasteiger charge is 2.34. The van der Waals surface area contributed by atoms with Crippen molar-refractivity contribution in [3.8, 4) is 11.8 Å². The third kappa shape index (κ3) is 4.74. The summed E-state index contributed by atoms with van der Waals surface area (Å²) in [5.41, 5.74) is 1.04. The molecule has 1 aliphatic rings. The molecule has 1 heterocycles. The third-order valence-electron chi connectivity index (χ3n) is 4.04. The summed E-state index contributed by atoms with van der Waals surface area (Å²) in [6.07, 6.45) is 0. The summed E-state index contributed by atoms with van der Waals surface area (Å²) in [5.74, 6) is -0.132. The molecule has 1 unspecified atom stereocenters. The van der Waals surface area contributed by atoms with E-state index in [0.29, 0.717) is 22.9 Å². The van der Waals surface area contributed by atoms with E-state index in [2.05, 4.69) is 5.32 Å². The molecule has 6 nitrogen and oxygen atoms in total. The second kappa shape index (κ2) is 8.95. The van der Waals surface area contributed by atoms with Gasteiger partial charge < -0.3 is 15.0 Å². The van der Waals surface area contributed by atoms with Gasteiger partial charge in [0.25, 0.3) is 5.91 Å². The number of hydrogen-bond donors (Lipinski definition) is 1. The molecule has 1 aliphatic heterocycles. The number of hydrogen-bond acceptors (Lipinski definition) is 5. The minimum Gasteiger partial charge on any atom is -0.484 e. The van der Waals surface area contributed by atoms with Gasteiger partial charge in [-0.15, -0.1) is 11.8 Å². The number of thioether (sulfide) groups is 1. The maximum absolute atomic E-state index is 13.2. The molecule has 0 spiro atoms. The second-order valence-electron chi connectivity index (χ2n) is 5.92. The van der Waals surface area contributed by atoms with E-state index in [1.54, 1.807) is 24.3 Å². The first kappa shape index (κ1) is 20.0. The van der Waals surface area contributed by atoms with E-state index in [9.17, 15) is 14.0 Å². The molecule has 0 aliphatic carbocycles. The van der Waals surface area contributed by atoms with Crippen LogP contribution in [-0.4, -0.2) is 41.0 Å². The Morgan fingerprint density at radius 2 is 2.07 bits per heavy atom. The van der Waals surface area contributed by atoms with Crippen LogP contribution in [0.5, 0.6) is 5.75 Å². The average molecular weight is 420 g/mol. The molecule has 9 heteroatoms. The highest BCUT2D eigenvalue weighted by Crippen LogP contribution is 2.24. The number of nitrogens with zero attached hydrogens (tertiary/aromatic N) is 2. The Labute approximate surface area is 170 Å². The Morgan fingerprint density at radius 3 is 2.75 bits per heavy atom. The summed E-state index contributed by atoms with van der Waals surface area (Å²) < 4.78 is 18.6. The highest BCUT2D eigenvalue weighted by molar-refractivity contribution is 7.99. The summed E-state index contributed by atoms with van der Waals surface area (Å²) >= 11 is 7.16. The normalized spacial score (nSPS) is 15.8. The van der Waals surface area contributed by atoms with Crippen LogP contribution in [0.25, 0.3) is 0 Å². The van der Waals surface area contributed by atoms with Crippen molar-refractivity contribution in [3.05, 3.63) is 58.9 Å². The Balaban J connectivity index is 1.59. The summed E-state index contributed by atoms with van der Waals surface area (Å²) in [4.78, 5) is 26.5. The lowest BCUT2D eigenvalue weighted by Gasteiger charge is -2.23. The monoisotopic (exact) mass is 419 g/mol. The van der Waals surface area contributed by atoms with E-state index < -0.39 is 11.9 Å². The van der Waals surface area contributed by atoms with Crippen molar-refractivity contribution < 1.29 is 18.7 Å². The van der Waals surface area contributed by atoms with Crippen LogP contribution in [0.1, 0.15) is 5.56 Å². The molecule has 28 heavy (non-hydrogen) atoms. The van der Waals surface area contributed by atoms with Gasteiger partial charge in [0.15, 0.2) is 6.61 Å². The largest absolute Gasteiger partial charge is 0.484 e. The molecule has 1 fully saturated rings. The van der Waals surface area contributed by atoms with Crippen LogP contribution in [0.3, 0.4) is 0 Å². The number of nitrogens with one attached hydrogen (secondary N) is 1. The van der Waals surface area contributed by atoms with Crippen LogP contribution in [0, 0.1) is 17.1 Å². The topological polar surface area (TPSA) is 82.4 Å². The Morgan fingerprint density at radius 1 is 1.32 bits per heavy atom. The first-order valence-corrected chi connectivity index (χ1v) is 9.77. The molecule has 3 rings (SSSR count). The molecule has 2 amide bonds. The number of halogens is 2. The predicted molar refractivity (Wildman–Crippen MR) is 105 cm³/mol. The smallest absolute Gasteiger partial charge is 0.261 e. The number of ether oxygens (including phenoxy) is 1. The van der Waals surface area contributed by atoms with Crippen LogP contribution in [0.4, 0.5) is 10.1 Å². The van der Waals surface area contributed by atoms with E-state index >= 15 is 0 Å². The van der Waals surface area contributed by atoms with E-state index in [1.165, 1.54) is 28.8 Å². The third-order valence-corrected chi connectivity index (χ3v) is 5.34. The maximum atomic E-state index is 13.2. The van der Waals surface area contributed by atoms with Crippen LogP contribution in [0.15, 0.2) is 42.5 Å². The van der Waals surface area contributed by atoms with Crippen molar-refractivity contribution >= 4 is 40.9 Å². The van der Waals surface area contributed by atoms with Gasteiger partial charge in [0.2, 0.25) is 5.91 Å². The molecule has 0 bridgehead atoms. The second-order valence-corrected chi connectivity index (χ2v) is 7.33. The molecule has 0 saturated carbocycles. The van der Waals surface area contributed by atoms with Gasteiger partial charge in [-0.3, -0.25) is 9.59 Å².